The Morgan fingerprint density at radius 2 is 2.12 bits per heavy atom. The van der Waals surface area contributed by atoms with Gasteiger partial charge in [0.15, 0.2) is 0 Å². The molecule has 3 N–H and O–H groups in total. The van der Waals surface area contributed by atoms with Gasteiger partial charge in [-0.15, -0.1) is 0 Å². The molecule has 0 spiro atoms. The van der Waals surface area contributed by atoms with Crippen LogP contribution in [0.5, 0.6) is 0 Å². The molecule has 1 saturated carbocycles. The number of nitrogens with one attached hydrogen (secondary N) is 1. The zero-order valence-corrected chi connectivity index (χ0v) is 10.1. The van der Waals surface area contributed by atoms with Gasteiger partial charge in [-0.25, -0.2) is 4.39 Å². The fourth-order valence-corrected chi connectivity index (χ4v) is 1.83. The lowest BCUT2D eigenvalue weighted by Gasteiger charge is -2.11. The first-order valence-electron chi connectivity index (χ1n) is 6.18. The van der Waals surface area contributed by atoms with Gasteiger partial charge >= 0.3 is 0 Å². The van der Waals surface area contributed by atoms with Crippen LogP contribution < -0.4 is 5.32 Å². The molecule has 0 unspecified atom stereocenters. The Hall–Kier alpha value is -1.51. The maximum Gasteiger partial charge on any atom is 0.256 e. The Morgan fingerprint density at radius 1 is 1.41 bits per heavy atom. The van der Waals surface area contributed by atoms with Crippen molar-refractivity contribution in [2.24, 2.45) is 5.92 Å². The van der Waals surface area contributed by atoms with Crippen molar-refractivity contribution >= 4 is 5.70 Å². The summed E-state index contributed by atoms with van der Waals surface area (Å²) in [4.78, 5) is 0. The Morgan fingerprint density at radius 3 is 2.71 bits per heavy atom. The van der Waals surface area contributed by atoms with Gasteiger partial charge in [0.05, 0.1) is 5.92 Å². The number of hydrogen-bond donors (Lipinski definition) is 1. The highest BCUT2D eigenvalue weighted by molar-refractivity contribution is 5.66. The van der Waals surface area contributed by atoms with E-state index in [1.165, 1.54) is 6.07 Å². The molecule has 2 rings (SSSR count). The zero-order valence-electron chi connectivity index (χ0n) is 10.1. The average Bonchev–Trinajstić information content (AvgIpc) is 3.15. The van der Waals surface area contributed by atoms with Crippen LogP contribution in [0.3, 0.4) is 0 Å². The molecule has 1 aromatic rings. The van der Waals surface area contributed by atoms with Crippen LogP contribution in [0.15, 0.2) is 30.0 Å². The first-order valence-corrected chi connectivity index (χ1v) is 6.18. The van der Waals surface area contributed by atoms with Crippen molar-refractivity contribution < 1.29 is 9.50 Å². The Kier molecular flexibility index (Phi) is 3.67. The third kappa shape index (κ3) is 2.78. The minimum atomic E-state index is -0.253. The Balaban J connectivity index is 2.33. The topological polar surface area (TPSA) is 34.9 Å². The van der Waals surface area contributed by atoms with Gasteiger partial charge in [0.25, 0.3) is 5.76 Å². The van der Waals surface area contributed by atoms with Crippen molar-refractivity contribution in [3.05, 3.63) is 41.4 Å². The molecule has 1 aromatic carbocycles. The molecule has 0 radical (unpaired) electrons. The maximum absolute atomic E-state index is 13.8. The smallest absolute Gasteiger partial charge is 0.256 e. The number of halogens is 1. The van der Waals surface area contributed by atoms with E-state index in [0.29, 0.717) is 22.9 Å². The molecule has 17 heavy (non-hydrogen) atoms. The average molecular weight is 236 g/mol. The summed E-state index contributed by atoms with van der Waals surface area (Å²) in [5.41, 5.74) is 1.20. The van der Waals surface area contributed by atoms with Crippen molar-refractivity contribution in [1.82, 2.24) is 5.32 Å². The van der Waals surface area contributed by atoms with Crippen LogP contribution in [0.2, 0.25) is 0 Å². The van der Waals surface area contributed by atoms with Crippen LogP contribution in [-0.2, 0) is 0 Å². The fourth-order valence-electron chi connectivity index (χ4n) is 1.83. The molecule has 0 atom stereocenters. The molecule has 1 fully saturated rings. The number of allylic oxidation sites excluding steroid dienone is 1. The highest BCUT2D eigenvalue weighted by Crippen LogP contribution is 2.38. The summed E-state index contributed by atoms with van der Waals surface area (Å²) < 4.78 is 13.8. The van der Waals surface area contributed by atoms with Crippen LogP contribution >= 0.6 is 0 Å². The second kappa shape index (κ2) is 5.21. The fraction of sp³-hybridized carbons (Fsp3) is 0.429. The van der Waals surface area contributed by atoms with Crippen molar-refractivity contribution in [3.8, 4) is 0 Å². The molecule has 0 aliphatic heterocycles. The summed E-state index contributed by atoms with van der Waals surface area (Å²) in [6.45, 7) is 2.84. The first kappa shape index (κ1) is 12.0. The van der Waals surface area contributed by atoms with Crippen LogP contribution in [0.4, 0.5) is 4.39 Å². The van der Waals surface area contributed by atoms with E-state index >= 15 is 0 Å². The monoisotopic (exact) mass is 236 g/mol. The molecular formula is C14H19FNO+. The van der Waals surface area contributed by atoms with Crippen LogP contribution in [0, 0.1) is 11.7 Å². The molecule has 0 bridgehead atoms. The van der Waals surface area contributed by atoms with Crippen molar-refractivity contribution in [1.29, 1.82) is 0 Å². The minimum Gasteiger partial charge on any atom is -0.595 e. The van der Waals surface area contributed by atoms with E-state index in [-0.39, 0.29) is 5.82 Å². The molecule has 0 aromatic heterocycles. The van der Waals surface area contributed by atoms with Crippen molar-refractivity contribution in [3.63, 3.8) is 0 Å². The lowest BCUT2D eigenvalue weighted by molar-refractivity contribution is 0.378. The SMILES string of the molecule is CCCN/C(=C(\[OH2+])C1CC1)c1ccccc1F. The first-order chi connectivity index (χ1) is 8.24. The lowest BCUT2D eigenvalue weighted by atomic mass is 10.1. The van der Waals surface area contributed by atoms with Crippen LogP contribution in [-0.4, -0.2) is 11.7 Å². The van der Waals surface area contributed by atoms with Gasteiger partial charge in [-0.05, 0) is 31.4 Å². The minimum absolute atomic E-state index is 0.253. The van der Waals surface area contributed by atoms with E-state index < -0.39 is 0 Å². The van der Waals surface area contributed by atoms with Gasteiger partial charge in [0, 0.05) is 12.1 Å². The van der Waals surface area contributed by atoms with Gasteiger partial charge in [0.2, 0.25) is 0 Å². The molecule has 1 aliphatic carbocycles. The molecule has 92 valence electrons. The van der Waals surface area contributed by atoms with E-state index in [1.807, 2.05) is 6.07 Å². The van der Waals surface area contributed by atoms with Crippen molar-refractivity contribution in [2.75, 3.05) is 6.54 Å². The summed E-state index contributed by atoms with van der Waals surface area (Å²) in [5.74, 6) is 0.633. The third-order valence-corrected chi connectivity index (χ3v) is 2.95. The summed E-state index contributed by atoms with van der Waals surface area (Å²) in [6, 6.07) is 6.68. The van der Waals surface area contributed by atoms with Crippen LogP contribution in [0.25, 0.3) is 5.70 Å². The van der Waals surface area contributed by atoms with Gasteiger partial charge in [-0.2, -0.15) is 0 Å². The zero-order chi connectivity index (χ0) is 12.3. The number of hydrogen-bond acceptors (Lipinski definition) is 1. The van der Waals surface area contributed by atoms with Gasteiger partial charge in [-0.3, -0.25) is 0 Å². The number of benzene rings is 1. The molecule has 0 heterocycles. The predicted molar refractivity (Wildman–Crippen MR) is 68.0 cm³/mol. The van der Waals surface area contributed by atoms with E-state index in [9.17, 15) is 4.39 Å². The standard InChI is InChI=1S/C14H18FNO/c1-2-9-16-13(14(17)10-7-8-10)11-5-3-4-6-12(11)15/h3-6,10,16-17H,2,7-9H2,1H3/p+1/b14-13-. The Labute approximate surface area is 101 Å². The van der Waals surface area contributed by atoms with Crippen molar-refractivity contribution in [2.45, 2.75) is 26.2 Å². The molecule has 0 saturated heterocycles. The van der Waals surface area contributed by atoms with Gasteiger partial charge in [-0.1, -0.05) is 19.1 Å². The summed E-state index contributed by atoms with van der Waals surface area (Å²) in [7, 11) is 0. The largest absolute Gasteiger partial charge is 0.595 e. The Bertz CT molecular complexity index is 424. The molecule has 2 nitrogen and oxygen atoms in total. The van der Waals surface area contributed by atoms with E-state index in [0.717, 1.165) is 25.8 Å². The lowest BCUT2D eigenvalue weighted by Crippen LogP contribution is -2.17. The van der Waals surface area contributed by atoms with Gasteiger partial charge in [0.1, 0.15) is 11.5 Å². The molecule has 1 aliphatic rings. The third-order valence-electron chi connectivity index (χ3n) is 2.95. The maximum atomic E-state index is 13.8. The highest BCUT2D eigenvalue weighted by atomic mass is 19.1. The summed E-state index contributed by atoms with van der Waals surface area (Å²) >= 11 is 0. The molecular weight excluding hydrogens is 217 g/mol. The predicted octanol–water partition coefficient (Wildman–Crippen LogP) is 2.63. The summed E-state index contributed by atoms with van der Waals surface area (Å²) in [5, 5.41) is 11.3. The quantitative estimate of drug-likeness (QED) is 0.619. The second-order valence-corrected chi connectivity index (χ2v) is 4.47. The normalized spacial score (nSPS) is 16.6. The molecule has 3 heteroatoms. The van der Waals surface area contributed by atoms with E-state index in [1.54, 1.807) is 12.1 Å². The van der Waals surface area contributed by atoms with Crippen LogP contribution in [0.1, 0.15) is 31.7 Å². The molecule has 0 amide bonds. The van der Waals surface area contributed by atoms with E-state index in [4.69, 9.17) is 5.11 Å². The number of rotatable bonds is 5. The highest BCUT2D eigenvalue weighted by Gasteiger charge is 2.33. The van der Waals surface area contributed by atoms with E-state index in [2.05, 4.69) is 12.2 Å². The summed E-state index contributed by atoms with van der Waals surface area (Å²) in [6.07, 6.45) is 3.09. The second-order valence-electron chi connectivity index (χ2n) is 4.47. The van der Waals surface area contributed by atoms with Gasteiger partial charge < -0.3 is 10.4 Å².